The third-order valence-corrected chi connectivity index (χ3v) is 2.33. The van der Waals surface area contributed by atoms with Crippen LogP contribution in [0, 0.1) is 10.2 Å². The van der Waals surface area contributed by atoms with E-state index in [1.165, 1.54) is 0 Å². The number of H-pyrrole nitrogens is 1. The molecule has 0 unspecified atom stereocenters. The highest BCUT2D eigenvalue weighted by atomic mass is 35.7. The number of aromatic nitrogens is 2. The zero-order valence-corrected chi connectivity index (χ0v) is 12.7. The number of halogens is 1. The van der Waals surface area contributed by atoms with E-state index in [4.69, 9.17) is 18.6 Å². The van der Waals surface area contributed by atoms with Gasteiger partial charge in [-0.25, -0.2) is 29.0 Å². The SMILES string of the molecule is C/C(=N\NC(=O)c1ccc[nH+]c1)c1ccccn1.[O-][Cl+3]([O-])([O-])[O-]. The van der Waals surface area contributed by atoms with Crippen molar-refractivity contribution in [1.82, 2.24) is 10.4 Å². The third-order valence-electron chi connectivity index (χ3n) is 2.33. The summed E-state index contributed by atoms with van der Waals surface area (Å²) in [5.74, 6) is -0.262. The predicted molar refractivity (Wildman–Crippen MR) is 66.9 cm³/mol. The number of hydrazone groups is 1. The number of nitrogens with zero attached hydrogens (tertiary/aromatic N) is 2. The first-order valence-corrected chi connectivity index (χ1v) is 7.34. The van der Waals surface area contributed by atoms with Gasteiger partial charge in [-0.15, -0.1) is 10.2 Å². The quantitative estimate of drug-likeness (QED) is 0.446. The lowest BCUT2D eigenvalue weighted by Crippen LogP contribution is -2.68. The van der Waals surface area contributed by atoms with Gasteiger partial charge in [0.1, 0.15) is 5.56 Å². The van der Waals surface area contributed by atoms with Gasteiger partial charge in [0, 0.05) is 12.3 Å². The molecule has 0 fully saturated rings. The van der Waals surface area contributed by atoms with E-state index in [0.29, 0.717) is 11.3 Å². The molecule has 9 nitrogen and oxygen atoms in total. The van der Waals surface area contributed by atoms with Crippen molar-refractivity contribution >= 4 is 11.6 Å². The molecule has 0 bridgehead atoms. The summed E-state index contributed by atoms with van der Waals surface area (Å²) in [7, 11) is -4.94. The number of nitrogens with one attached hydrogen (secondary N) is 2. The van der Waals surface area contributed by atoms with Gasteiger partial charge >= 0.3 is 0 Å². The number of amides is 1. The molecule has 0 aliphatic heterocycles. The van der Waals surface area contributed by atoms with Gasteiger partial charge in [0.15, 0.2) is 12.4 Å². The van der Waals surface area contributed by atoms with Gasteiger partial charge in [0.2, 0.25) is 0 Å². The molecular formula is C13H13ClN4O5. The molecule has 2 N–H and O–H groups in total. The number of hydrogen-bond donors (Lipinski definition) is 1. The maximum Gasteiger partial charge on any atom is 0.277 e. The lowest BCUT2D eigenvalue weighted by atomic mass is 10.2. The molecule has 0 saturated heterocycles. The van der Waals surface area contributed by atoms with Crippen molar-refractivity contribution in [1.29, 1.82) is 0 Å². The first-order chi connectivity index (χ1) is 10.8. The average molecular weight is 341 g/mol. The van der Waals surface area contributed by atoms with Crippen molar-refractivity contribution in [3.05, 3.63) is 60.2 Å². The molecule has 0 aliphatic rings. The lowest BCUT2D eigenvalue weighted by molar-refractivity contribution is -2.00. The highest BCUT2D eigenvalue weighted by Gasteiger charge is 2.06. The highest BCUT2D eigenvalue weighted by Crippen LogP contribution is 1.97. The normalized spacial score (nSPS) is 11.3. The zero-order valence-electron chi connectivity index (χ0n) is 11.9. The van der Waals surface area contributed by atoms with Gasteiger partial charge in [0.25, 0.3) is 5.91 Å². The Balaban J connectivity index is 0.000000463. The monoisotopic (exact) mass is 340 g/mol. The minimum Gasteiger partial charge on any atom is -0.267 e. The molecule has 2 aromatic rings. The van der Waals surface area contributed by atoms with Crippen LogP contribution in [0.4, 0.5) is 0 Å². The standard InChI is InChI=1S/C13H12N4O.ClHO4/c1-10(12-6-2-3-8-15-12)16-17-13(18)11-5-4-7-14-9-11;2-1(3,4)5/h2-9H,1H3,(H,17,18);(H,2,3,4,5)/b16-10+;. The summed E-state index contributed by atoms with van der Waals surface area (Å²) in [4.78, 5) is 18.7. The minimum absolute atomic E-state index is 0.262. The van der Waals surface area contributed by atoms with Crippen molar-refractivity contribution in [2.24, 2.45) is 5.10 Å². The van der Waals surface area contributed by atoms with Crippen molar-refractivity contribution in [2.45, 2.75) is 6.92 Å². The fourth-order valence-corrected chi connectivity index (χ4v) is 1.37. The van der Waals surface area contributed by atoms with Gasteiger partial charge in [0.05, 0.1) is 11.4 Å². The Morgan fingerprint density at radius 3 is 2.43 bits per heavy atom. The first-order valence-electron chi connectivity index (χ1n) is 6.11. The van der Waals surface area contributed by atoms with Gasteiger partial charge < -0.3 is 0 Å². The molecule has 1 amide bonds. The van der Waals surface area contributed by atoms with Gasteiger partial charge in [-0.1, -0.05) is 6.07 Å². The smallest absolute Gasteiger partial charge is 0.267 e. The van der Waals surface area contributed by atoms with E-state index < -0.39 is 10.2 Å². The molecule has 2 aromatic heterocycles. The van der Waals surface area contributed by atoms with Crippen LogP contribution in [0.3, 0.4) is 0 Å². The van der Waals surface area contributed by atoms with E-state index in [-0.39, 0.29) is 5.91 Å². The van der Waals surface area contributed by atoms with Gasteiger partial charge in [-0.2, -0.15) is 5.10 Å². The van der Waals surface area contributed by atoms with E-state index in [0.717, 1.165) is 5.69 Å². The van der Waals surface area contributed by atoms with Crippen LogP contribution in [0.25, 0.3) is 0 Å². The number of hydrogen-bond acceptors (Lipinski definition) is 7. The molecule has 122 valence electrons. The fraction of sp³-hybridized carbons (Fsp3) is 0.0769. The van der Waals surface area contributed by atoms with Crippen LogP contribution >= 0.6 is 0 Å². The second kappa shape index (κ2) is 8.88. The van der Waals surface area contributed by atoms with Crippen LogP contribution < -0.4 is 29.0 Å². The number of carbonyl (C=O) groups is 1. The summed E-state index contributed by atoms with van der Waals surface area (Å²) in [6.45, 7) is 1.79. The predicted octanol–water partition coefficient (Wildman–Crippen LogP) is -3.71. The number of rotatable bonds is 3. The molecule has 2 rings (SSSR count). The van der Waals surface area contributed by atoms with Crippen LogP contribution in [0.15, 0.2) is 54.0 Å². The average Bonchev–Trinajstić information content (AvgIpc) is 2.52. The van der Waals surface area contributed by atoms with Crippen LogP contribution in [0.5, 0.6) is 0 Å². The topological polar surface area (TPSA) is 161 Å². The fourth-order valence-electron chi connectivity index (χ4n) is 1.37. The third kappa shape index (κ3) is 8.56. The molecule has 0 spiro atoms. The lowest BCUT2D eigenvalue weighted by Gasteiger charge is -2.17. The Kier molecular flexibility index (Phi) is 7.19. The Morgan fingerprint density at radius 2 is 1.91 bits per heavy atom. The molecule has 10 heteroatoms. The van der Waals surface area contributed by atoms with E-state index in [1.54, 1.807) is 37.6 Å². The second-order valence-corrected chi connectivity index (χ2v) is 4.78. The Morgan fingerprint density at radius 1 is 1.22 bits per heavy atom. The highest BCUT2D eigenvalue weighted by molar-refractivity contribution is 5.99. The van der Waals surface area contributed by atoms with Crippen LogP contribution in [-0.2, 0) is 0 Å². The van der Waals surface area contributed by atoms with Gasteiger partial charge in [-0.05, 0) is 25.1 Å². The van der Waals surface area contributed by atoms with Gasteiger partial charge in [-0.3, -0.25) is 9.78 Å². The molecule has 2 heterocycles. The molecular weight excluding hydrogens is 328 g/mol. The second-order valence-electron chi connectivity index (χ2n) is 4.02. The van der Waals surface area contributed by atoms with E-state index in [9.17, 15) is 4.79 Å². The van der Waals surface area contributed by atoms with Crippen LogP contribution in [0.1, 0.15) is 23.0 Å². The number of carbonyl (C=O) groups excluding carboxylic acids is 1. The summed E-state index contributed by atoms with van der Waals surface area (Å²) in [6.07, 6.45) is 5.03. The van der Waals surface area contributed by atoms with E-state index in [2.05, 4.69) is 20.5 Å². The Bertz CT molecular complexity index is 640. The Hall–Kier alpha value is -2.43. The molecule has 0 aromatic carbocycles. The number of aromatic amines is 1. The van der Waals surface area contributed by atoms with Crippen molar-refractivity contribution < 1.29 is 38.7 Å². The number of pyridine rings is 2. The maximum absolute atomic E-state index is 11.7. The summed E-state index contributed by atoms with van der Waals surface area (Å²) in [5, 5.41) is 4.01. The maximum atomic E-state index is 11.7. The van der Waals surface area contributed by atoms with Crippen molar-refractivity contribution in [2.75, 3.05) is 0 Å². The van der Waals surface area contributed by atoms with Crippen LogP contribution in [-0.4, -0.2) is 16.6 Å². The Labute approximate surface area is 133 Å². The van der Waals surface area contributed by atoms with Crippen molar-refractivity contribution in [3.63, 3.8) is 0 Å². The van der Waals surface area contributed by atoms with Crippen molar-refractivity contribution in [3.8, 4) is 0 Å². The zero-order chi connectivity index (χ0) is 17.3. The van der Waals surface area contributed by atoms with E-state index >= 15 is 0 Å². The molecule has 0 aliphatic carbocycles. The van der Waals surface area contributed by atoms with Crippen LogP contribution in [0.2, 0.25) is 0 Å². The first kappa shape index (κ1) is 18.6. The minimum atomic E-state index is -4.94. The summed E-state index contributed by atoms with van der Waals surface area (Å²) in [5.41, 5.74) is 4.40. The molecule has 0 radical (unpaired) electrons. The largest absolute Gasteiger partial charge is 0.277 e. The summed E-state index contributed by atoms with van der Waals surface area (Å²) < 4.78 is 34.0. The molecule has 23 heavy (non-hydrogen) atoms. The summed E-state index contributed by atoms with van der Waals surface area (Å²) >= 11 is 0. The molecule has 0 saturated carbocycles. The molecule has 0 atom stereocenters. The van der Waals surface area contributed by atoms with E-state index in [1.807, 2.05) is 18.2 Å². The summed E-state index contributed by atoms with van der Waals surface area (Å²) in [6, 6.07) is 8.99.